The normalized spacial score (nSPS) is 10.4. The fourth-order valence-corrected chi connectivity index (χ4v) is 0.839. The Morgan fingerprint density at radius 1 is 1.50 bits per heavy atom. The SMILES string of the molecule is [O-]n1ncc2cccnc21. The second-order valence-corrected chi connectivity index (χ2v) is 1.93. The minimum atomic E-state index is 0.377. The summed E-state index contributed by atoms with van der Waals surface area (Å²) in [6.07, 6.45) is 3.06. The molecule has 0 fully saturated rings. The van der Waals surface area contributed by atoms with Gasteiger partial charge in [-0.25, -0.2) is 4.98 Å². The van der Waals surface area contributed by atoms with E-state index < -0.39 is 0 Å². The van der Waals surface area contributed by atoms with Crippen LogP contribution in [0.2, 0.25) is 0 Å². The Morgan fingerprint density at radius 3 is 3.20 bits per heavy atom. The summed E-state index contributed by atoms with van der Waals surface area (Å²) in [5.41, 5.74) is 0.377. The molecule has 10 heavy (non-hydrogen) atoms. The van der Waals surface area contributed by atoms with Crippen LogP contribution in [0.1, 0.15) is 0 Å². The van der Waals surface area contributed by atoms with Crippen LogP contribution in [0.5, 0.6) is 0 Å². The lowest BCUT2D eigenvalue weighted by atomic mass is 10.4. The monoisotopic (exact) mass is 134 g/mol. The third-order valence-electron chi connectivity index (χ3n) is 1.30. The number of aromatic nitrogens is 3. The van der Waals surface area contributed by atoms with Gasteiger partial charge < -0.3 is 5.21 Å². The lowest BCUT2D eigenvalue weighted by Gasteiger charge is -2.01. The number of hydrogen-bond acceptors (Lipinski definition) is 3. The Balaban J connectivity index is 2.93. The van der Waals surface area contributed by atoms with E-state index in [2.05, 4.69) is 10.1 Å². The van der Waals surface area contributed by atoms with E-state index in [0.717, 1.165) is 5.39 Å². The molecule has 0 bridgehead atoms. The van der Waals surface area contributed by atoms with Crippen molar-refractivity contribution < 1.29 is 0 Å². The predicted octanol–water partition coefficient (Wildman–Crippen LogP) is 0.777. The smallest absolute Gasteiger partial charge is 0.153 e. The highest BCUT2D eigenvalue weighted by molar-refractivity contribution is 5.74. The molecule has 2 aromatic heterocycles. The van der Waals surface area contributed by atoms with E-state index in [0.29, 0.717) is 10.5 Å². The van der Waals surface area contributed by atoms with E-state index in [-0.39, 0.29) is 0 Å². The first-order valence-electron chi connectivity index (χ1n) is 2.84. The first-order chi connectivity index (χ1) is 4.88. The predicted molar refractivity (Wildman–Crippen MR) is 36.3 cm³/mol. The summed E-state index contributed by atoms with van der Waals surface area (Å²) < 4.78 is 0. The van der Waals surface area contributed by atoms with Gasteiger partial charge in [-0.05, 0) is 12.1 Å². The van der Waals surface area contributed by atoms with Gasteiger partial charge in [-0.1, -0.05) is 0 Å². The summed E-state index contributed by atoms with van der Waals surface area (Å²) in [6, 6.07) is 3.56. The van der Waals surface area contributed by atoms with E-state index in [1.165, 1.54) is 6.20 Å². The van der Waals surface area contributed by atoms with Gasteiger partial charge >= 0.3 is 0 Å². The molecule has 0 saturated carbocycles. The van der Waals surface area contributed by atoms with Crippen LogP contribution in [0, 0.1) is 5.21 Å². The molecule has 0 atom stereocenters. The number of rotatable bonds is 0. The molecule has 0 radical (unpaired) electrons. The molecule has 0 N–H and O–H groups in total. The largest absolute Gasteiger partial charge is 0.789 e. The summed E-state index contributed by atoms with van der Waals surface area (Å²) in [5.74, 6) is 0. The lowest BCUT2D eigenvalue weighted by Crippen LogP contribution is -1.87. The molecule has 50 valence electrons. The zero-order chi connectivity index (χ0) is 6.97. The maximum Gasteiger partial charge on any atom is 0.153 e. The summed E-state index contributed by atoms with van der Waals surface area (Å²) in [7, 11) is 0. The van der Waals surface area contributed by atoms with Crippen molar-refractivity contribution in [1.29, 1.82) is 0 Å². The first kappa shape index (κ1) is 5.22. The Morgan fingerprint density at radius 2 is 2.40 bits per heavy atom. The van der Waals surface area contributed by atoms with Gasteiger partial charge in [-0.3, -0.25) is 4.85 Å². The van der Waals surface area contributed by atoms with E-state index in [1.54, 1.807) is 18.3 Å². The van der Waals surface area contributed by atoms with Gasteiger partial charge in [0.1, 0.15) is 0 Å². The fraction of sp³-hybridized carbons (Fsp3) is 0. The molecule has 0 aliphatic rings. The second-order valence-electron chi connectivity index (χ2n) is 1.93. The van der Waals surface area contributed by atoms with Gasteiger partial charge in [0.25, 0.3) is 0 Å². The molecule has 0 aromatic carbocycles. The number of nitrogens with zero attached hydrogens (tertiary/aromatic N) is 3. The Labute approximate surface area is 56.7 Å². The van der Waals surface area contributed by atoms with Gasteiger partial charge in [0, 0.05) is 11.6 Å². The lowest BCUT2D eigenvalue weighted by molar-refractivity contribution is 0.905. The quantitative estimate of drug-likeness (QED) is 0.534. The summed E-state index contributed by atoms with van der Waals surface area (Å²) in [4.78, 5) is 4.34. The van der Waals surface area contributed by atoms with Crippen LogP contribution in [0.25, 0.3) is 11.0 Å². The zero-order valence-corrected chi connectivity index (χ0v) is 5.06. The maximum atomic E-state index is 10.7. The Hall–Kier alpha value is -1.58. The van der Waals surface area contributed by atoms with Crippen LogP contribution in [0.15, 0.2) is 24.5 Å². The maximum absolute atomic E-state index is 10.7. The summed E-state index contributed by atoms with van der Waals surface area (Å²) in [5, 5.41) is 15.0. The van der Waals surface area contributed by atoms with Crippen molar-refractivity contribution in [2.75, 3.05) is 0 Å². The molecule has 0 unspecified atom stereocenters. The Kier molecular flexibility index (Phi) is 0.887. The van der Waals surface area contributed by atoms with Crippen molar-refractivity contribution in [3.63, 3.8) is 0 Å². The summed E-state index contributed by atoms with van der Waals surface area (Å²) in [6.45, 7) is 0. The average molecular weight is 134 g/mol. The van der Waals surface area contributed by atoms with Crippen molar-refractivity contribution in [2.45, 2.75) is 0 Å². The second kappa shape index (κ2) is 1.70. The summed E-state index contributed by atoms with van der Waals surface area (Å²) >= 11 is 0. The van der Waals surface area contributed by atoms with Gasteiger partial charge in [0.15, 0.2) is 5.65 Å². The van der Waals surface area contributed by atoms with Gasteiger partial charge in [0.05, 0.1) is 6.20 Å². The minimum absolute atomic E-state index is 0.377. The van der Waals surface area contributed by atoms with Crippen LogP contribution in [0.3, 0.4) is 0 Å². The molecule has 4 nitrogen and oxygen atoms in total. The van der Waals surface area contributed by atoms with Crippen LogP contribution in [-0.4, -0.2) is 14.9 Å². The van der Waals surface area contributed by atoms with Crippen LogP contribution >= 0.6 is 0 Å². The highest BCUT2D eigenvalue weighted by atomic mass is 16.5. The van der Waals surface area contributed by atoms with Crippen molar-refractivity contribution in [2.24, 2.45) is 0 Å². The van der Waals surface area contributed by atoms with Gasteiger partial charge in [-0.2, -0.15) is 5.10 Å². The topological polar surface area (TPSA) is 53.8 Å². The molecule has 0 saturated heterocycles. The molecule has 0 amide bonds. The molecular weight excluding hydrogens is 130 g/mol. The third kappa shape index (κ3) is 0.556. The standard InChI is InChI=1S/C6H4N3O/c10-9-6-5(4-8-9)2-1-3-7-6/h1-4H/q-1. The molecule has 4 heteroatoms. The van der Waals surface area contributed by atoms with Crippen molar-refractivity contribution in [3.05, 3.63) is 29.7 Å². The minimum Gasteiger partial charge on any atom is -0.789 e. The highest BCUT2D eigenvalue weighted by Crippen LogP contribution is 2.06. The van der Waals surface area contributed by atoms with Crippen molar-refractivity contribution >= 4 is 11.0 Å². The van der Waals surface area contributed by atoms with E-state index >= 15 is 0 Å². The molecule has 0 aliphatic heterocycles. The van der Waals surface area contributed by atoms with Crippen LogP contribution in [-0.2, 0) is 0 Å². The first-order valence-corrected chi connectivity index (χ1v) is 2.84. The van der Waals surface area contributed by atoms with Crippen molar-refractivity contribution in [1.82, 2.24) is 14.9 Å². The molecule has 0 spiro atoms. The molecule has 2 heterocycles. The zero-order valence-electron chi connectivity index (χ0n) is 5.06. The van der Waals surface area contributed by atoms with E-state index in [4.69, 9.17) is 0 Å². The molecule has 0 aliphatic carbocycles. The third-order valence-corrected chi connectivity index (χ3v) is 1.30. The van der Waals surface area contributed by atoms with Crippen LogP contribution < -0.4 is 0 Å². The van der Waals surface area contributed by atoms with Crippen molar-refractivity contribution in [3.8, 4) is 0 Å². The van der Waals surface area contributed by atoms with Gasteiger partial charge in [0.2, 0.25) is 0 Å². The highest BCUT2D eigenvalue weighted by Gasteiger charge is 1.93. The number of fused-ring (bicyclic) bond motifs is 1. The molecule has 2 rings (SSSR count). The Bertz CT molecular complexity index is 355. The average Bonchev–Trinajstić information content (AvgIpc) is 2.34. The number of hydrogen-bond donors (Lipinski definition) is 0. The van der Waals surface area contributed by atoms with Gasteiger partial charge in [-0.15, -0.1) is 0 Å². The molecular formula is C6H4N3O-. The molecule has 2 aromatic rings. The van der Waals surface area contributed by atoms with E-state index in [1.807, 2.05) is 0 Å². The van der Waals surface area contributed by atoms with Crippen LogP contribution in [0.4, 0.5) is 0 Å². The van der Waals surface area contributed by atoms with E-state index in [9.17, 15) is 5.21 Å². The number of pyridine rings is 1. The fourth-order valence-electron chi connectivity index (χ4n) is 0.839.